The molecule has 134 valence electrons. The molecular formula is C22H20N4O. The van der Waals surface area contributed by atoms with E-state index in [-0.39, 0.29) is 5.91 Å². The Kier molecular flexibility index (Phi) is 4.28. The van der Waals surface area contributed by atoms with Gasteiger partial charge in [0.15, 0.2) is 0 Å². The number of nitrogens with zero attached hydrogens (tertiary/aromatic N) is 4. The first kappa shape index (κ1) is 17.1. The van der Waals surface area contributed by atoms with Crippen LogP contribution in [0.1, 0.15) is 27.6 Å². The summed E-state index contributed by atoms with van der Waals surface area (Å²) in [5.74, 6) is 0.572. The van der Waals surface area contributed by atoms with Gasteiger partial charge >= 0.3 is 0 Å². The summed E-state index contributed by atoms with van der Waals surface area (Å²) in [5.41, 5.74) is 4.11. The molecule has 4 rings (SSSR count). The third-order valence-corrected chi connectivity index (χ3v) is 4.64. The molecule has 4 aromatic rings. The number of aromatic nitrogens is 3. The van der Waals surface area contributed by atoms with Crippen LogP contribution < -0.4 is 0 Å². The molecule has 0 atom stereocenters. The molecule has 27 heavy (non-hydrogen) atoms. The Bertz CT molecular complexity index is 1170. The number of rotatable bonds is 3. The second kappa shape index (κ2) is 6.76. The quantitative estimate of drug-likeness (QED) is 0.555. The zero-order valence-corrected chi connectivity index (χ0v) is 15.6. The summed E-state index contributed by atoms with van der Waals surface area (Å²) < 4.78 is 0. The molecule has 0 spiro atoms. The maximum absolute atomic E-state index is 13.1. The zero-order chi connectivity index (χ0) is 19.0. The normalized spacial score (nSPS) is 11.1. The van der Waals surface area contributed by atoms with Crippen LogP contribution in [0.15, 0.2) is 54.6 Å². The van der Waals surface area contributed by atoms with E-state index in [4.69, 9.17) is 0 Å². The fraction of sp³-hybridized carbons (Fsp3) is 0.182. The summed E-state index contributed by atoms with van der Waals surface area (Å²) in [6.45, 7) is 4.22. The molecule has 1 amide bonds. The Hall–Kier alpha value is -3.34. The Labute approximate surface area is 157 Å². The van der Waals surface area contributed by atoms with Crippen LogP contribution in [0.2, 0.25) is 0 Å². The number of fused-ring (bicyclic) bond motifs is 2. The van der Waals surface area contributed by atoms with Gasteiger partial charge in [0.25, 0.3) is 5.91 Å². The van der Waals surface area contributed by atoms with Crippen molar-refractivity contribution in [2.45, 2.75) is 20.4 Å². The van der Waals surface area contributed by atoms with E-state index in [1.807, 2.05) is 68.4 Å². The maximum atomic E-state index is 13.1. The van der Waals surface area contributed by atoms with Gasteiger partial charge in [-0.05, 0) is 32.0 Å². The SMILES string of the molecule is Cc1cc(C(=O)N(C)Cc2nc(C)c3ccccc3n2)c2ccccc2n1. The van der Waals surface area contributed by atoms with Gasteiger partial charge in [-0.25, -0.2) is 9.97 Å². The molecule has 0 unspecified atom stereocenters. The summed E-state index contributed by atoms with van der Waals surface area (Å²) in [4.78, 5) is 28.5. The van der Waals surface area contributed by atoms with E-state index in [1.165, 1.54) is 0 Å². The lowest BCUT2D eigenvalue weighted by atomic mass is 10.1. The smallest absolute Gasteiger partial charge is 0.254 e. The average Bonchev–Trinajstić information content (AvgIpc) is 2.66. The lowest BCUT2D eigenvalue weighted by molar-refractivity contribution is 0.0783. The van der Waals surface area contributed by atoms with Gasteiger partial charge in [0.2, 0.25) is 0 Å². The molecule has 5 heteroatoms. The van der Waals surface area contributed by atoms with Crippen molar-refractivity contribution in [2.75, 3.05) is 7.05 Å². The number of carbonyl (C=O) groups is 1. The minimum atomic E-state index is -0.0638. The first-order valence-corrected chi connectivity index (χ1v) is 8.87. The monoisotopic (exact) mass is 356 g/mol. The number of hydrogen-bond donors (Lipinski definition) is 0. The third-order valence-electron chi connectivity index (χ3n) is 4.64. The third kappa shape index (κ3) is 3.24. The minimum absolute atomic E-state index is 0.0638. The van der Waals surface area contributed by atoms with Crippen molar-refractivity contribution < 1.29 is 4.79 Å². The van der Waals surface area contributed by atoms with Crippen LogP contribution in [0.5, 0.6) is 0 Å². The fourth-order valence-electron chi connectivity index (χ4n) is 3.34. The first-order valence-electron chi connectivity index (χ1n) is 8.87. The van der Waals surface area contributed by atoms with Crippen LogP contribution in [0.3, 0.4) is 0 Å². The number of para-hydroxylation sites is 2. The molecule has 2 aromatic carbocycles. The molecule has 0 N–H and O–H groups in total. The van der Waals surface area contributed by atoms with Gasteiger partial charge in [-0.2, -0.15) is 0 Å². The Balaban J connectivity index is 1.68. The molecule has 0 aliphatic heterocycles. The number of hydrogen-bond acceptors (Lipinski definition) is 4. The summed E-state index contributed by atoms with van der Waals surface area (Å²) in [6, 6.07) is 17.5. The Morgan fingerprint density at radius 1 is 0.889 bits per heavy atom. The van der Waals surface area contributed by atoms with Crippen molar-refractivity contribution in [3.05, 3.63) is 77.4 Å². The highest BCUT2D eigenvalue weighted by Crippen LogP contribution is 2.21. The van der Waals surface area contributed by atoms with Crippen molar-refractivity contribution in [3.8, 4) is 0 Å². The second-order valence-electron chi connectivity index (χ2n) is 6.73. The predicted octanol–water partition coefficient (Wildman–Crippen LogP) is 4.07. The highest BCUT2D eigenvalue weighted by molar-refractivity contribution is 6.06. The van der Waals surface area contributed by atoms with Crippen LogP contribution in [0.4, 0.5) is 0 Å². The van der Waals surface area contributed by atoms with Crippen molar-refractivity contribution in [2.24, 2.45) is 0 Å². The molecule has 2 aromatic heterocycles. The number of carbonyl (C=O) groups excluding carboxylic acids is 1. The Morgan fingerprint density at radius 2 is 1.52 bits per heavy atom. The van der Waals surface area contributed by atoms with Crippen LogP contribution in [-0.2, 0) is 6.54 Å². The van der Waals surface area contributed by atoms with Crippen LogP contribution in [0.25, 0.3) is 21.8 Å². The van der Waals surface area contributed by atoms with E-state index >= 15 is 0 Å². The van der Waals surface area contributed by atoms with Gasteiger partial charge in [-0.15, -0.1) is 0 Å². The molecule has 0 bridgehead atoms. The lowest BCUT2D eigenvalue weighted by Gasteiger charge is -2.18. The van der Waals surface area contributed by atoms with Crippen molar-refractivity contribution in [1.29, 1.82) is 0 Å². The summed E-state index contributed by atoms with van der Waals surface area (Å²) in [7, 11) is 1.78. The summed E-state index contributed by atoms with van der Waals surface area (Å²) in [6.07, 6.45) is 0. The van der Waals surface area contributed by atoms with Crippen molar-refractivity contribution in [1.82, 2.24) is 19.9 Å². The van der Waals surface area contributed by atoms with Gasteiger partial charge in [0, 0.05) is 29.2 Å². The molecule has 0 radical (unpaired) electrons. The number of benzene rings is 2. The molecule has 0 aliphatic rings. The van der Waals surface area contributed by atoms with Gasteiger partial charge in [-0.3, -0.25) is 9.78 Å². The number of aryl methyl sites for hydroxylation is 2. The number of pyridine rings is 1. The van der Waals surface area contributed by atoms with Crippen LogP contribution in [0, 0.1) is 13.8 Å². The summed E-state index contributed by atoms with van der Waals surface area (Å²) in [5, 5.41) is 1.89. The molecule has 0 aliphatic carbocycles. The molecule has 0 fully saturated rings. The van der Waals surface area contributed by atoms with Crippen molar-refractivity contribution >= 4 is 27.7 Å². The topological polar surface area (TPSA) is 59.0 Å². The largest absolute Gasteiger partial charge is 0.334 e. The predicted molar refractivity (Wildman–Crippen MR) is 107 cm³/mol. The van der Waals surface area contributed by atoms with Crippen LogP contribution in [-0.4, -0.2) is 32.8 Å². The molecular weight excluding hydrogens is 336 g/mol. The average molecular weight is 356 g/mol. The van der Waals surface area contributed by atoms with Crippen molar-refractivity contribution in [3.63, 3.8) is 0 Å². The standard InChI is InChI=1S/C22H20N4O/c1-14-12-18(17-9-5-7-11-20(17)23-14)22(27)26(3)13-21-24-15(2)16-8-4-6-10-19(16)25-21/h4-12H,13H2,1-3H3. The van der Waals surface area contributed by atoms with Gasteiger partial charge in [0.1, 0.15) is 5.82 Å². The maximum Gasteiger partial charge on any atom is 0.254 e. The molecule has 2 heterocycles. The van der Waals surface area contributed by atoms with E-state index < -0.39 is 0 Å². The van der Waals surface area contributed by atoms with E-state index in [1.54, 1.807) is 11.9 Å². The lowest BCUT2D eigenvalue weighted by Crippen LogP contribution is -2.27. The molecule has 5 nitrogen and oxygen atoms in total. The molecule has 0 saturated heterocycles. The van der Waals surface area contributed by atoms with Gasteiger partial charge < -0.3 is 4.90 Å². The summed E-state index contributed by atoms with van der Waals surface area (Å²) >= 11 is 0. The van der Waals surface area contributed by atoms with Gasteiger partial charge in [0.05, 0.1) is 23.1 Å². The van der Waals surface area contributed by atoms with E-state index in [9.17, 15) is 4.79 Å². The second-order valence-corrected chi connectivity index (χ2v) is 6.73. The van der Waals surface area contributed by atoms with E-state index in [2.05, 4.69) is 15.0 Å². The van der Waals surface area contributed by atoms with Crippen LogP contribution >= 0.6 is 0 Å². The fourth-order valence-corrected chi connectivity index (χ4v) is 3.34. The first-order chi connectivity index (χ1) is 13.0. The molecule has 0 saturated carbocycles. The van der Waals surface area contributed by atoms with E-state index in [0.29, 0.717) is 17.9 Å². The Morgan fingerprint density at radius 3 is 2.26 bits per heavy atom. The minimum Gasteiger partial charge on any atom is -0.334 e. The zero-order valence-electron chi connectivity index (χ0n) is 15.6. The highest BCUT2D eigenvalue weighted by Gasteiger charge is 2.17. The van der Waals surface area contributed by atoms with E-state index in [0.717, 1.165) is 33.2 Å². The number of amides is 1. The highest BCUT2D eigenvalue weighted by atomic mass is 16.2. The van der Waals surface area contributed by atoms with Gasteiger partial charge in [-0.1, -0.05) is 36.4 Å².